The molecule has 4 heteroatoms. The molecular formula is C4H4N2OS. The van der Waals surface area contributed by atoms with Crippen molar-refractivity contribution in [3.8, 4) is 0 Å². The van der Waals surface area contributed by atoms with Crippen LogP contribution < -0.4 is 5.73 Å². The van der Waals surface area contributed by atoms with Gasteiger partial charge in [0.15, 0.2) is 11.4 Å². The van der Waals surface area contributed by atoms with E-state index in [0.29, 0.717) is 17.1 Å². The Kier molecular flexibility index (Phi) is 1.26. The van der Waals surface area contributed by atoms with Crippen molar-refractivity contribution in [2.45, 2.75) is 0 Å². The normalized spacial score (nSPS) is 9.00. The Morgan fingerprint density at radius 1 is 1.88 bits per heavy atom. The summed E-state index contributed by atoms with van der Waals surface area (Å²) < 4.78 is 0. The molecule has 1 heterocycles. The van der Waals surface area contributed by atoms with Crippen molar-refractivity contribution in [2.24, 2.45) is 0 Å². The number of thiazole rings is 1. The van der Waals surface area contributed by atoms with Gasteiger partial charge in [0.05, 0.1) is 0 Å². The smallest absolute Gasteiger partial charge is 0.180 e. The van der Waals surface area contributed by atoms with Crippen LogP contribution in [0.5, 0.6) is 0 Å². The molecule has 0 atom stereocenters. The lowest BCUT2D eigenvalue weighted by Crippen LogP contribution is -1.83. The quantitative estimate of drug-likeness (QED) is 0.561. The molecule has 3 nitrogen and oxygen atoms in total. The first kappa shape index (κ1) is 5.24. The Labute approximate surface area is 50.2 Å². The molecule has 1 aromatic heterocycles. The van der Waals surface area contributed by atoms with Crippen molar-refractivity contribution >= 4 is 22.8 Å². The molecule has 0 bridgehead atoms. The number of hydrogen-bond acceptors (Lipinski definition) is 4. The van der Waals surface area contributed by atoms with E-state index in [1.807, 2.05) is 0 Å². The molecule has 0 radical (unpaired) electrons. The second kappa shape index (κ2) is 1.92. The number of aromatic nitrogens is 1. The highest BCUT2D eigenvalue weighted by Crippen LogP contribution is 2.07. The van der Waals surface area contributed by atoms with Crippen LogP contribution in [0.25, 0.3) is 0 Å². The molecule has 0 aliphatic heterocycles. The van der Waals surface area contributed by atoms with Gasteiger partial charge in [0.1, 0.15) is 5.69 Å². The van der Waals surface area contributed by atoms with E-state index in [1.165, 1.54) is 11.3 Å². The molecule has 1 rings (SSSR count). The van der Waals surface area contributed by atoms with Gasteiger partial charge in [0, 0.05) is 5.38 Å². The monoisotopic (exact) mass is 128 g/mol. The third kappa shape index (κ3) is 0.840. The number of rotatable bonds is 1. The fourth-order valence-electron chi connectivity index (χ4n) is 0.355. The highest BCUT2D eigenvalue weighted by atomic mass is 32.1. The van der Waals surface area contributed by atoms with Gasteiger partial charge in [-0.3, -0.25) is 4.79 Å². The predicted octanol–water partition coefficient (Wildman–Crippen LogP) is 0.538. The number of carbonyl (C=O) groups excluding carboxylic acids is 1. The van der Waals surface area contributed by atoms with Crippen LogP contribution in [0, 0.1) is 0 Å². The summed E-state index contributed by atoms with van der Waals surface area (Å²) in [6.07, 6.45) is 0.673. The van der Waals surface area contributed by atoms with Gasteiger partial charge in [-0.2, -0.15) is 0 Å². The molecule has 0 spiro atoms. The van der Waals surface area contributed by atoms with Crippen LogP contribution >= 0.6 is 11.3 Å². The molecular weight excluding hydrogens is 124 g/mol. The average molecular weight is 128 g/mol. The van der Waals surface area contributed by atoms with E-state index in [9.17, 15) is 4.79 Å². The number of anilines is 1. The molecule has 0 unspecified atom stereocenters. The van der Waals surface area contributed by atoms with Gasteiger partial charge in [-0.15, -0.1) is 11.3 Å². The predicted molar refractivity (Wildman–Crippen MR) is 31.9 cm³/mol. The number of nitrogens with zero attached hydrogens (tertiary/aromatic N) is 1. The second-order valence-electron chi connectivity index (χ2n) is 1.23. The molecule has 0 saturated carbocycles. The molecule has 2 N–H and O–H groups in total. The number of aldehydes is 1. The van der Waals surface area contributed by atoms with Crippen LogP contribution in [0.3, 0.4) is 0 Å². The number of hydrogen-bond donors (Lipinski definition) is 1. The Bertz CT molecular complexity index is 196. The van der Waals surface area contributed by atoms with Gasteiger partial charge >= 0.3 is 0 Å². The van der Waals surface area contributed by atoms with Crippen molar-refractivity contribution in [2.75, 3.05) is 5.73 Å². The summed E-state index contributed by atoms with van der Waals surface area (Å²) in [7, 11) is 0. The van der Waals surface area contributed by atoms with Gasteiger partial charge < -0.3 is 5.73 Å². The molecule has 0 saturated heterocycles. The lowest BCUT2D eigenvalue weighted by molar-refractivity contribution is 0.112. The summed E-state index contributed by atoms with van der Waals surface area (Å²) in [5.74, 6) is 0. The van der Waals surface area contributed by atoms with E-state index in [4.69, 9.17) is 5.73 Å². The van der Waals surface area contributed by atoms with Crippen molar-refractivity contribution in [1.82, 2.24) is 4.98 Å². The van der Waals surface area contributed by atoms with Crippen molar-refractivity contribution in [3.05, 3.63) is 11.1 Å². The van der Waals surface area contributed by atoms with Crippen LogP contribution in [0.1, 0.15) is 10.5 Å². The summed E-state index contributed by atoms with van der Waals surface area (Å²) in [5.41, 5.74) is 5.61. The van der Waals surface area contributed by atoms with Gasteiger partial charge in [-0.05, 0) is 0 Å². The molecule has 0 amide bonds. The second-order valence-corrected chi connectivity index (χ2v) is 2.12. The van der Waals surface area contributed by atoms with Crippen molar-refractivity contribution in [3.63, 3.8) is 0 Å². The molecule has 0 fully saturated rings. The molecule has 0 aromatic carbocycles. The van der Waals surface area contributed by atoms with Gasteiger partial charge in [0.2, 0.25) is 0 Å². The summed E-state index contributed by atoms with van der Waals surface area (Å²) in [5, 5.41) is 2.05. The lowest BCUT2D eigenvalue weighted by atomic mass is 10.6. The van der Waals surface area contributed by atoms with E-state index >= 15 is 0 Å². The number of carbonyl (C=O) groups is 1. The van der Waals surface area contributed by atoms with E-state index in [1.54, 1.807) is 5.38 Å². The highest BCUT2D eigenvalue weighted by molar-refractivity contribution is 7.13. The topological polar surface area (TPSA) is 56.0 Å². The molecule has 42 valence electrons. The summed E-state index contributed by atoms with van der Waals surface area (Å²) in [6.45, 7) is 0. The summed E-state index contributed by atoms with van der Waals surface area (Å²) in [4.78, 5) is 13.6. The SMILES string of the molecule is Nc1nc(C=O)cs1. The minimum Gasteiger partial charge on any atom is -0.375 e. The lowest BCUT2D eigenvalue weighted by Gasteiger charge is -1.71. The fraction of sp³-hybridized carbons (Fsp3) is 0. The van der Waals surface area contributed by atoms with E-state index < -0.39 is 0 Å². The molecule has 0 aliphatic rings. The van der Waals surface area contributed by atoms with Gasteiger partial charge in [-0.25, -0.2) is 4.98 Å². The van der Waals surface area contributed by atoms with E-state index in [-0.39, 0.29) is 0 Å². The minimum absolute atomic E-state index is 0.410. The van der Waals surface area contributed by atoms with Crippen LogP contribution in [0.2, 0.25) is 0 Å². The Morgan fingerprint density at radius 3 is 2.88 bits per heavy atom. The number of nitrogen functional groups attached to an aromatic ring is 1. The van der Waals surface area contributed by atoms with E-state index in [0.717, 1.165) is 0 Å². The summed E-state index contributed by atoms with van der Waals surface area (Å²) in [6, 6.07) is 0. The third-order valence-electron chi connectivity index (χ3n) is 0.660. The standard InChI is InChI=1S/C4H4N2OS/c5-4-6-3(1-7)2-8-4/h1-2H,(H2,5,6). The van der Waals surface area contributed by atoms with E-state index in [2.05, 4.69) is 4.98 Å². The Hall–Kier alpha value is -0.900. The zero-order chi connectivity index (χ0) is 5.98. The van der Waals surface area contributed by atoms with Crippen molar-refractivity contribution < 1.29 is 4.79 Å². The largest absolute Gasteiger partial charge is 0.375 e. The van der Waals surface area contributed by atoms with Crippen LogP contribution in [-0.2, 0) is 0 Å². The molecule has 0 aliphatic carbocycles. The molecule has 8 heavy (non-hydrogen) atoms. The van der Waals surface area contributed by atoms with Gasteiger partial charge in [0.25, 0.3) is 0 Å². The molecule has 1 aromatic rings. The van der Waals surface area contributed by atoms with Crippen LogP contribution in [-0.4, -0.2) is 11.3 Å². The maximum Gasteiger partial charge on any atom is 0.180 e. The first-order valence-electron chi connectivity index (χ1n) is 1.99. The average Bonchev–Trinajstić information content (AvgIpc) is 2.14. The fourth-order valence-corrected chi connectivity index (χ4v) is 0.863. The maximum absolute atomic E-state index is 9.91. The maximum atomic E-state index is 9.91. The zero-order valence-corrected chi connectivity index (χ0v) is 4.81. The zero-order valence-electron chi connectivity index (χ0n) is 4.00. The van der Waals surface area contributed by atoms with Crippen LogP contribution in [0.15, 0.2) is 5.38 Å². The van der Waals surface area contributed by atoms with Crippen molar-refractivity contribution in [1.29, 1.82) is 0 Å². The summed E-state index contributed by atoms with van der Waals surface area (Å²) >= 11 is 1.26. The first-order chi connectivity index (χ1) is 3.83. The Morgan fingerprint density at radius 2 is 2.62 bits per heavy atom. The highest BCUT2D eigenvalue weighted by Gasteiger charge is 1.92. The van der Waals surface area contributed by atoms with Crippen LogP contribution in [0.4, 0.5) is 5.13 Å². The van der Waals surface area contributed by atoms with Gasteiger partial charge in [-0.1, -0.05) is 0 Å². The first-order valence-corrected chi connectivity index (χ1v) is 2.87. The Balaban J connectivity index is 3.00. The minimum atomic E-state index is 0.410. The third-order valence-corrected chi connectivity index (χ3v) is 1.35. The number of nitrogens with two attached hydrogens (primary N) is 1.